The van der Waals surface area contributed by atoms with Gasteiger partial charge in [-0.05, 0) is 81.5 Å². The van der Waals surface area contributed by atoms with Gasteiger partial charge >= 0.3 is 6.09 Å². The van der Waals surface area contributed by atoms with Gasteiger partial charge in [-0.1, -0.05) is 99.2 Å². The summed E-state index contributed by atoms with van der Waals surface area (Å²) in [5, 5.41) is 16.5. The fourth-order valence-electron chi connectivity index (χ4n) is 5.43. The van der Waals surface area contributed by atoms with Crippen molar-refractivity contribution in [1.29, 1.82) is 0 Å². The molecule has 2 atom stereocenters. The zero-order valence-electron chi connectivity index (χ0n) is 28.6. The normalized spacial score (nSPS) is 12.6. The van der Waals surface area contributed by atoms with Crippen LogP contribution in [0.1, 0.15) is 94.5 Å². The topological polar surface area (TPSA) is 108 Å². The molecule has 0 saturated heterocycles. The number of benzene rings is 3. The quantitative estimate of drug-likeness (QED) is 0.141. The number of nitrogens with one attached hydrogen (secondary N) is 2. The average molecular weight is 664 g/mol. The molecule has 9 heteroatoms. The molecule has 0 aromatic heterocycles. The number of hydrogen-bond acceptors (Lipinski definition) is 5. The third-order valence-corrected chi connectivity index (χ3v) is 8.19. The van der Waals surface area contributed by atoms with Crippen LogP contribution < -0.4 is 10.6 Å². The summed E-state index contributed by atoms with van der Waals surface area (Å²) < 4.78 is 5.56. The fraction of sp³-hybridized carbons (Fsp3) is 0.447. The summed E-state index contributed by atoms with van der Waals surface area (Å²) in [4.78, 5) is 43.8. The summed E-state index contributed by atoms with van der Waals surface area (Å²) in [6, 6.07) is 17.6. The Morgan fingerprint density at radius 3 is 2.21 bits per heavy atom. The van der Waals surface area contributed by atoms with Crippen LogP contribution >= 0.6 is 11.6 Å². The Kier molecular flexibility index (Phi) is 14.1. The molecule has 0 radical (unpaired) electrons. The molecule has 3 amide bonds. The molecule has 2 unspecified atom stereocenters. The van der Waals surface area contributed by atoms with Gasteiger partial charge in [-0.15, -0.1) is 0 Å². The van der Waals surface area contributed by atoms with Crippen molar-refractivity contribution in [1.82, 2.24) is 10.2 Å². The number of phenols is 1. The lowest BCUT2D eigenvalue weighted by atomic mass is 9.98. The third-order valence-electron chi connectivity index (χ3n) is 7.87. The molecule has 3 rings (SSSR count). The molecular formula is C38H50ClN3O5. The average Bonchev–Trinajstić information content (AvgIpc) is 3.00. The molecule has 0 fully saturated rings. The molecular weight excluding hydrogens is 614 g/mol. The monoisotopic (exact) mass is 663 g/mol. The molecule has 0 spiro atoms. The van der Waals surface area contributed by atoms with Crippen molar-refractivity contribution in [2.45, 2.75) is 104 Å². The number of carbonyl (C=O) groups is 3. The van der Waals surface area contributed by atoms with Crippen molar-refractivity contribution in [3.8, 4) is 5.75 Å². The van der Waals surface area contributed by atoms with E-state index in [-0.39, 0.29) is 18.7 Å². The lowest BCUT2D eigenvalue weighted by Crippen LogP contribution is -2.53. The first-order valence-corrected chi connectivity index (χ1v) is 16.9. The van der Waals surface area contributed by atoms with Crippen molar-refractivity contribution in [3.63, 3.8) is 0 Å². The summed E-state index contributed by atoms with van der Waals surface area (Å²) >= 11 is 6.52. The van der Waals surface area contributed by atoms with E-state index in [1.165, 1.54) is 6.07 Å². The number of alkyl carbamates (subject to hydrolysis) is 1. The molecule has 0 aliphatic heterocycles. The number of hydrogen-bond donors (Lipinski definition) is 3. The van der Waals surface area contributed by atoms with Crippen molar-refractivity contribution in [2.24, 2.45) is 0 Å². The Morgan fingerprint density at radius 1 is 0.894 bits per heavy atom. The summed E-state index contributed by atoms with van der Waals surface area (Å²) in [6.45, 7) is 11.3. The van der Waals surface area contributed by atoms with Gasteiger partial charge in [-0.3, -0.25) is 9.59 Å². The Morgan fingerprint density at radius 2 is 1.57 bits per heavy atom. The molecule has 8 nitrogen and oxygen atoms in total. The zero-order valence-corrected chi connectivity index (χ0v) is 29.3. The van der Waals surface area contributed by atoms with Gasteiger partial charge in [-0.2, -0.15) is 0 Å². The number of amides is 3. The van der Waals surface area contributed by atoms with Crippen LogP contribution in [0.3, 0.4) is 0 Å². The van der Waals surface area contributed by atoms with E-state index in [0.717, 1.165) is 43.2 Å². The largest absolute Gasteiger partial charge is 0.508 e. The number of rotatable bonds is 15. The Bertz CT molecular complexity index is 1470. The Hall–Kier alpha value is -4.04. The number of anilines is 1. The van der Waals surface area contributed by atoms with E-state index in [4.69, 9.17) is 16.3 Å². The molecule has 0 saturated carbocycles. The van der Waals surface area contributed by atoms with E-state index >= 15 is 0 Å². The first-order chi connectivity index (χ1) is 22.3. The van der Waals surface area contributed by atoms with Crippen LogP contribution in [0.2, 0.25) is 5.02 Å². The van der Waals surface area contributed by atoms with Crippen LogP contribution in [0.5, 0.6) is 5.75 Å². The molecule has 0 aliphatic carbocycles. The number of nitrogens with zero attached hydrogens (tertiary/aromatic N) is 1. The minimum atomic E-state index is -1.09. The van der Waals surface area contributed by atoms with Gasteiger partial charge < -0.3 is 25.4 Å². The number of para-hydroxylation sites is 1. The van der Waals surface area contributed by atoms with E-state index in [2.05, 4.69) is 17.6 Å². The lowest BCUT2D eigenvalue weighted by molar-refractivity contribution is -0.140. The van der Waals surface area contributed by atoms with Crippen molar-refractivity contribution >= 4 is 35.2 Å². The summed E-state index contributed by atoms with van der Waals surface area (Å²) in [5.41, 5.74) is 2.38. The maximum absolute atomic E-state index is 14.8. The smallest absolute Gasteiger partial charge is 0.408 e. The molecule has 3 aromatic carbocycles. The molecule has 254 valence electrons. The highest BCUT2D eigenvalue weighted by Crippen LogP contribution is 2.31. The maximum Gasteiger partial charge on any atom is 0.408 e. The van der Waals surface area contributed by atoms with Crippen LogP contribution in [-0.4, -0.2) is 46.1 Å². The summed E-state index contributed by atoms with van der Waals surface area (Å²) in [6.07, 6.45) is 5.35. The van der Waals surface area contributed by atoms with Crippen LogP contribution in [-0.2, 0) is 20.7 Å². The van der Waals surface area contributed by atoms with Gasteiger partial charge in [0.25, 0.3) is 5.91 Å². The number of aryl methyl sites for hydroxylation is 2. The standard InChI is InChI=1S/C38H50ClN3O5/c1-7-8-9-10-11-15-23-42(36(45)31(25-28-18-13-12-14-19-28)40-37(46)47-38(4,5)6)34(29-21-22-32(43)27(3)24-29)35(44)41-33-26(2)17-16-20-30(33)39/h12-14,16-22,24,31,34,43H,7-11,15,23,25H2,1-6H3,(H,40,46)(H,41,44). The second-order valence-corrected chi connectivity index (χ2v) is 13.5. The van der Waals surface area contributed by atoms with E-state index in [9.17, 15) is 19.5 Å². The van der Waals surface area contributed by atoms with E-state index < -0.39 is 35.6 Å². The molecule has 47 heavy (non-hydrogen) atoms. The van der Waals surface area contributed by atoms with Crippen LogP contribution in [0, 0.1) is 13.8 Å². The second kappa shape index (κ2) is 17.8. The summed E-state index contributed by atoms with van der Waals surface area (Å²) in [7, 11) is 0. The predicted octanol–water partition coefficient (Wildman–Crippen LogP) is 8.67. The molecule has 0 bridgehead atoms. The molecule has 3 aromatic rings. The first kappa shape index (κ1) is 37.4. The summed E-state index contributed by atoms with van der Waals surface area (Å²) in [5.74, 6) is -0.798. The first-order valence-electron chi connectivity index (χ1n) is 16.5. The fourth-order valence-corrected chi connectivity index (χ4v) is 5.70. The SMILES string of the molecule is CCCCCCCCN(C(=O)C(Cc1ccccc1)NC(=O)OC(C)(C)C)C(C(=O)Nc1c(C)cccc1Cl)c1ccc(O)c(C)c1. The minimum absolute atomic E-state index is 0.0807. The van der Waals surface area contributed by atoms with Crippen LogP contribution in [0.15, 0.2) is 66.7 Å². The molecule has 3 N–H and O–H groups in total. The van der Waals surface area contributed by atoms with Crippen molar-refractivity contribution in [2.75, 3.05) is 11.9 Å². The Balaban J connectivity index is 2.10. The number of unbranched alkanes of at least 4 members (excludes halogenated alkanes) is 5. The van der Waals surface area contributed by atoms with E-state index in [1.807, 2.05) is 43.3 Å². The highest BCUT2D eigenvalue weighted by molar-refractivity contribution is 6.34. The predicted molar refractivity (Wildman–Crippen MR) is 189 cm³/mol. The highest BCUT2D eigenvalue weighted by atomic mass is 35.5. The van der Waals surface area contributed by atoms with Crippen molar-refractivity contribution < 1.29 is 24.2 Å². The van der Waals surface area contributed by atoms with E-state index in [1.54, 1.807) is 56.9 Å². The van der Waals surface area contributed by atoms with Gasteiger partial charge in [0.15, 0.2) is 0 Å². The number of carbonyl (C=O) groups excluding carboxylic acids is 3. The van der Waals surface area contributed by atoms with Gasteiger partial charge in [0.1, 0.15) is 23.4 Å². The van der Waals surface area contributed by atoms with Crippen molar-refractivity contribution in [3.05, 3.63) is 94.0 Å². The van der Waals surface area contributed by atoms with Gasteiger partial charge in [0, 0.05) is 13.0 Å². The van der Waals surface area contributed by atoms with Crippen LogP contribution in [0.4, 0.5) is 10.5 Å². The Labute approximate surface area is 284 Å². The van der Waals surface area contributed by atoms with Gasteiger partial charge in [0.05, 0.1) is 10.7 Å². The highest BCUT2D eigenvalue weighted by Gasteiger charge is 2.37. The molecule has 0 heterocycles. The van der Waals surface area contributed by atoms with Crippen LogP contribution in [0.25, 0.3) is 0 Å². The zero-order chi connectivity index (χ0) is 34.6. The second-order valence-electron chi connectivity index (χ2n) is 13.1. The lowest BCUT2D eigenvalue weighted by Gasteiger charge is -2.35. The number of halogens is 1. The molecule has 0 aliphatic rings. The number of phenolic OH excluding ortho intramolecular Hbond substituents is 1. The third kappa shape index (κ3) is 11.6. The minimum Gasteiger partial charge on any atom is -0.508 e. The van der Waals surface area contributed by atoms with Gasteiger partial charge in [0.2, 0.25) is 5.91 Å². The number of aromatic hydroxyl groups is 1. The number of ether oxygens (including phenoxy) is 1. The van der Waals surface area contributed by atoms with Gasteiger partial charge in [-0.25, -0.2) is 4.79 Å². The van der Waals surface area contributed by atoms with E-state index in [0.29, 0.717) is 28.3 Å². The maximum atomic E-state index is 14.8.